The highest BCUT2D eigenvalue weighted by atomic mass is 16.3. The van der Waals surface area contributed by atoms with Crippen molar-refractivity contribution in [2.45, 2.75) is 32.7 Å². The van der Waals surface area contributed by atoms with Crippen LogP contribution >= 0.6 is 0 Å². The molecule has 0 spiro atoms. The van der Waals surface area contributed by atoms with Crippen molar-refractivity contribution in [1.82, 2.24) is 9.97 Å². The Morgan fingerprint density at radius 2 is 1.88 bits per heavy atom. The van der Waals surface area contributed by atoms with Gasteiger partial charge in [-0.25, -0.2) is 9.97 Å². The Balaban J connectivity index is 2.87. The standard InChI is InChI=1S/C11H20N4O/c1-3-10(4-2)15(5-6-16)11-13-7-9(12)8-14-11/h7-8,10,16H,3-6,12H2,1-2H3. The van der Waals surface area contributed by atoms with Crippen molar-refractivity contribution in [2.24, 2.45) is 0 Å². The number of rotatable bonds is 6. The van der Waals surface area contributed by atoms with Gasteiger partial charge >= 0.3 is 0 Å². The summed E-state index contributed by atoms with van der Waals surface area (Å²) in [7, 11) is 0. The zero-order valence-corrected chi connectivity index (χ0v) is 9.93. The molecular formula is C11H20N4O. The van der Waals surface area contributed by atoms with E-state index in [0.29, 0.717) is 24.2 Å². The molecule has 0 unspecified atom stereocenters. The summed E-state index contributed by atoms with van der Waals surface area (Å²) < 4.78 is 0. The van der Waals surface area contributed by atoms with Crippen LogP contribution in [0.15, 0.2) is 12.4 Å². The van der Waals surface area contributed by atoms with Crippen LogP contribution in [0.5, 0.6) is 0 Å². The third-order valence-electron chi connectivity index (χ3n) is 2.64. The van der Waals surface area contributed by atoms with Crippen LogP contribution < -0.4 is 10.6 Å². The average Bonchev–Trinajstić information content (AvgIpc) is 2.31. The van der Waals surface area contributed by atoms with E-state index >= 15 is 0 Å². The third kappa shape index (κ3) is 3.06. The maximum absolute atomic E-state index is 9.07. The molecular weight excluding hydrogens is 204 g/mol. The minimum absolute atomic E-state index is 0.101. The molecule has 0 aliphatic heterocycles. The predicted octanol–water partition coefficient (Wildman–Crippen LogP) is 1.05. The van der Waals surface area contributed by atoms with E-state index < -0.39 is 0 Å². The fraction of sp³-hybridized carbons (Fsp3) is 0.636. The van der Waals surface area contributed by atoms with E-state index in [-0.39, 0.29) is 6.61 Å². The largest absolute Gasteiger partial charge is 0.396 e. The number of aliphatic hydroxyl groups excluding tert-OH is 1. The van der Waals surface area contributed by atoms with Gasteiger partial charge in [-0.15, -0.1) is 0 Å². The topological polar surface area (TPSA) is 75.3 Å². The first-order chi connectivity index (χ1) is 7.72. The van der Waals surface area contributed by atoms with Crippen molar-refractivity contribution < 1.29 is 5.11 Å². The quantitative estimate of drug-likeness (QED) is 0.755. The summed E-state index contributed by atoms with van der Waals surface area (Å²) in [5, 5.41) is 9.07. The molecule has 5 heteroatoms. The molecule has 0 saturated carbocycles. The second-order valence-electron chi connectivity index (χ2n) is 3.70. The number of anilines is 2. The minimum atomic E-state index is 0.101. The van der Waals surface area contributed by atoms with E-state index in [2.05, 4.69) is 23.8 Å². The summed E-state index contributed by atoms with van der Waals surface area (Å²) in [4.78, 5) is 10.4. The van der Waals surface area contributed by atoms with E-state index in [0.717, 1.165) is 12.8 Å². The molecule has 5 nitrogen and oxygen atoms in total. The summed E-state index contributed by atoms with van der Waals surface area (Å²) in [5.41, 5.74) is 6.10. The second-order valence-corrected chi connectivity index (χ2v) is 3.70. The Kier molecular flexibility index (Phi) is 4.98. The molecule has 1 heterocycles. The van der Waals surface area contributed by atoms with E-state index in [9.17, 15) is 0 Å². The van der Waals surface area contributed by atoms with Gasteiger partial charge in [-0.05, 0) is 12.8 Å². The molecule has 0 aliphatic carbocycles. The zero-order chi connectivity index (χ0) is 12.0. The number of hydrogen-bond donors (Lipinski definition) is 2. The Morgan fingerprint density at radius 1 is 1.31 bits per heavy atom. The molecule has 0 fully saturated rings. The first kappa shape index (κ1) is 12.7. The first-order valence-electron chi connectivity index (χ1n) is 5.67. The third-order valence-corrected chi connectivity index (χ3v) is 2.64. The summed E-state index contributed by atoms with van der Waals surface area (Å²) in [6.45, 7) is 4.90. The molecule has 1 aromatic rings. The van der Waals surface area contributed by atoms with Gasteiger partial charge in [-0.2, -0.15) is 0 Å². The highest BCUT2D eigenvalue weighted by Gasteiger charge is 2.17. The van der Waals surface area contributed by atoms with Crippen molar-refractivity contribution in [2.75, 3.05) is 23.8 Å². The van der Waals surface area contributed by atoms with Crippen LogP contribution in [0.1, 0.15) is 26.7 Å². The maximum atomic E-state index is 9.07. The van der Waals surface area contributed by atoms with E-state index in [4.69, 9.17) is 10.8 Å². The highest BCUT2D eigenvalue weighted by molar-refractivity contribution is 5.38. The number of nitrogen functional groups attached to an aromatic ring is 1. The molecule has 0 bridgehead atoms. The number of aromatic nitrogens is 2. The lowest BCUT2D eigenvalue weighted by Gasteiger charge is -2.29. The van der Waals surface area contributed by atoms with Crippen LogP contribution in [0, 0.1) is 0 Å². The smallest absolute Gasteiger partial charge is 0.225 e. The molecule has 0 aliphatic rings. The average molecular weight is 224 g/mol. The van der Waals surface area contributed by atoms with Gasteiger partial charge in [0, 0.05) is 12.6 Å². The van der Waals surface area contributed by atoms with Gasteiger partial charge in [0.15, 0.2) is 0 Å². The van der Waals surface area contributed by atoms with Crippen molar-refractivity contribution >= 4 is 11.6 Å². The molecule has 90 valence electrons. The number of hydrogen-bond acceptors (Lipinski definition) is 5. The van der Waals surface area contributed by atoms with Crippen LogP contribution in [0.2, 0.25) is 0 Å². The van der Waals surface area contributed by atoms with Gasteiger partial charge < -0.3 is 15.7 Å². The van der Waals surface area contributed by atoms with Crippen molar-refractivity contribution in [3.63, 3.8) is 0 Å². The summed E-state index contributed by atoms with van der Waals surface area (Å²) in [6.07, 6.45) is 5.19. The lowest BCUT2D eigenvalue weighted by atomic mass is 10.1. The molecule has 0 atom stereocenters. The molecule has 16 heavy (non-hydrogen) atoms. The predicted molar refractivity (Wildman–Crippen MR) is 65.2 cm³/mol. The van der Waals surface area contributed by atoms with Gasteiger partial charge in [0.2, 0.25) is 5.95 Å². The SMILES string of the molecule is CCC(CC)N(CCO)c1ncc(N)cn1. The number of nitrogens with zero attached hydrogens (tertiary/aromatic N) is 3. The van der Waals surface area contributed by atoms with Crippen LogP contribution in [0.3, 0.4) is 0 Å². The first-order valence-corrected chi connectivity index (χ1v) is 5.67. The Labute approximate surface area is 96.3 Å². The van der Waals surface area contributed by atoms with Crippen LogP contribution in [-0.2, 0) is 0 Å². The Bertz CT molecular complexity index is 297. The molecule has 1 aromatic heterocycles. The zero-order valence-electron chi connectivity index (χ0n) is 9.93. The van der Waals surface area contributed by atoms with Crippen LogP contribution in [0.4, 0.5) is 11.6 Å². The van der Waals surface area contributed by atoms with Gasteiger partial charge in [-0.3, -0.25) is 0 Å². The van der Waals surface area contributed by atoms with Crippen molar-refractivity contribution in [1.29, 1.82) is 0 Å². The molecule has 0 aromatic carbocycles. The van der Waals surface area contributed by atoms with Gasteiger partial charge in [0.25, 0.3) is 0 Å². The highest BCUT2D eigenvalue weighted by Crippen LogP contribution is 2.15. The number of aliphatic hydroxyl groups is 1. The monoisotopic (exact) mass is 224 g/mol. The summed E-state index contributed by atoms with van der Waals surface area (Å²) in [5.74, 6) is 0.636. The van der Waals surface area contributed by atoms with Crippen molar-refractivity contribution in [3.05, 3.63) is 12.4 Å². The van der Waals surface area contributed by atoms with E-state index in [1.54, 1.807) is 12.4 Å². The summed E-state index contributed by atoms with van der Waals surface area (Å²) >= 11 is 0. The maximum Gasteiger partial charge on any atom is 0.225 e. The lowest BCUT2D eigenvalue weighted by molar-refractivity contribution is 0.295. The number of nitrogens with two attached hydrogens (primary N) is 1. The van der Waals surface area contributed by atoms with Gasteiger partial charge in [0.1, 0.15) is 0 Å². The Hall–Kier alpha value is -1.36. The molecule has 0 amide bonds. The molecule has 0 saturated heterocycles. The van der Waals surface area contributed by atoms with Gasteiger partial charge in [0.05, 0.1) is 24.7 Å². The second kappa shape index (κ2) is 6.27. The molecule has 3 N–H and O–H groups in total. The normalized spacial score (nSPS) is 10.8. The fourth-order valence-electron chi connectivity index (χ4n) is 1.76. The summed E-state index contributed by atoms with van der Waals surface area (Å²) in [6, 6.07) is 0.357. The fourth-order valence-corrected chi connectivity index (χ4v) is 1.76. The minimum Gasteiger partial charge on any atom is -0.396 e. The van der Waals surface area contributed by atoms with Gasteiger partial charge in [-0.1, -0.05) is 13.8 Å². The Morgan fingerprint density at radius 3 is 2.31 bits per heavy atom. The van der Waals surface area contributed by atoms with Crippen molar-refractivity contribution in [3.8, 4) is 0 Å². The van der Waals surface area contributed by atoms with Crippen LogP contribution in [-0.4, -0.2) is 34.3 Å². The lowest BCUT2D eigenvalue weighted by Crippen LogP contribution is -2.38. The molecule has 0 radical (unpaired) electrons. The van der Waals surface area contributed by atoms with E-state index in [1.165, 1.54) is 0 Å². The molecule has 1 rings (SSSR count). The van der Waals surface area contributed by atoms with E-state index in [1.807, 2.05) is 4.90 Å². The van der Waals surface area contributed by atoms with Crippen LogP contribution in [0.25, 0.3) is 0 Å².